The van der Waals surface area contributed by atoms with Crippen molar-refractivity contribution in [2.45, 2.75) is 33.1 Å². The Bertz CT molecular complexity index is 259. The Morgan fingerprint density at radius 2 is 1.93 bits per heavy atom. The summed E-state index contributed by atoms with van der Waals surface area (Å²) in [5, 5.41) is 0. The van der Waals surface area contributed by atoms with Crippen LogP contribution in [0, 0.1) is 5.41 Å². The first-order valence-corrected chi connectivity index (χ1v) is 5.46. The molecule has 1 amide bonds. The normalized spacial score (nSPS) is 19.0. The molecule has 1 rings (SSSR count). The van der Waals surface area contributed by atoms with Crippen LogP contribution in [-0.4, -0.2) is 37.0 Å². The van der Waals surface area contributed by atoms with Gasteiger partial charge in [-0.05, 0) is 24.7 Å². The summed E-state index contributed by atoms with van der Waals surface area (Å²) in [5.41, 5.74) is 0.212. The van der Waals surface area contributed by atoms with Crippen LogP contribution in [0.2, 0.25) is 0 Å². The molecule has 0 saturated carbocycles. The predicted molar refractivity (Wildman–Crippen MR) is 56.2 cm³/mol. The van der Waals surface area contributed by atoms with E-state index in [1.165, 1.54) is 7.11 Å². The molecule has 0 unspecified atom stereocenters. The van der Waals surface area contributed by atoms with Crippen LogP contribution in [0.15, 0.2) is 0 Å². The molecule has 15 heavy (non-hydrogen) atoms. The maximum Gasteiger partial charge on any atom is 0.396 e. The van der Waals surface area contributed by atoms with E-state index in [0.717, 1.165) is 19.3 Å². The van der Waals surface area contributed by atoms with E-state index < -0.39 is 11.9 Å². The van der Waals surface area contributed by atoms with Crippen LogP contribution in [-0.2, 0) is 14.3 Å². The number of ether oxygens (including phenoxy) is 1. The Labute approximate surface area is 90.6 Å². The molecule has 1 saturated heterocycles. The van der Waals surface area contributed by atoms with Crippen molar-refractivity contribution < 1.29 is 14.3 Å². The second kappa shape index (κ2) is 4.64. The van der Waals surface area contributed by atoms with Crippen molar-refractivity contribution in [3.8, 4) is 0 Å². The van der Waals surface area contributed by atoms with Gasteiger partial charge in [-0.15, -0.1) is 0 Å². The summed E-state index contributed by atoms with van der Waals surface area (Å²) in [6.07, 6.45) is 3.09. The molecule has 0 radical (unpaired) electrons. The van der Waals surface area contributed by atoms with E-state index in [9.17, 15) is 9.59 Å². The predicted octanol–water partition coefficient (Wildman–Crippen LogP) is 1.20. The van der Waals surface area contributed by atoms with Gasteiger partial charge in [-0.3, -0.25) is 4.79 Å². The van der Waals surface area contributed by atoms with Gasteiger partial charge in [0, 0.05) is 13.1 Å². The molecule has 4 heteroatoms. The van der Waals surface area contributed by atoms with Crippen molar-refractivity contribution in [2.24, 2.45) is 5.41 Å². The molecule has 0 aromatic rings. The Morgan fingerprint density at radius 3 is 2.33 bits per heavy atom. The van der Waals surface area contributed by atoms with E-state index in [4.69, 9.17) is 0 Å². The van der Waals surface area contributed by atoms with Gasteiger partial charge in [0.1, 0.15) is 0 Å². The lowest BCUT2D eigenvalue weighted by Crippen LogP contribution is -2.37. The van der Waals surface area contributed by atoms with E-state index in [0.29, 0.717) is 13.1 Å². The van der Waals surface area contributed by atoms with Crippen molar-refractivity contribution in [3.05, 3.63) is 0 Å². The number of rotatable bonds is 2. The fourth-order valence-corrected chi connectivity index (χ4v) is 2.15. The molecule has 1 aliphatic heterocycles. The maximum absolute atomic E-state index is 11.5. The fourth-order valence-electron chi connectivity index (χ4n) is 2.15. The average Bonchev–Trinajstić information content (AvgIpc) is 2.72. The summed E-state index contributed by atoms with van der Waals surface area (Å²) < 4.78 is 4.43. The third-order valence-electron chi connectivity index (χ3n) is 3.59. The van der Waals surface area contributed by atoms with E-state index in [-0.39, 0.29) is 5.41 Å². The number of hydrogen-bond acceptors (Lipinski definition) is 3. The van der Waals surface area contributed by atoms with E-state index in [1.807, 2.05) is 0 Å². The first-order chi connectivity index (χ1) is 7.08. The highest BCUT2D eigenvalue weighted by Crippen LogP contribution is 2.36. The van der Waals surface area contributed by atoms with Crippen LogP contribution in [0.4, 0.5) is 0 Å². The lowest BCUT2D eigenvalue weighted by Gasteiger charge is -2.25. The Balaban J connectivity index is 2.63. The Kier molecular flexibility index (Phi) is 3.72. The first-order valence-electron chi connectivity index (χ1n) is 5.46. The zero-order valence-corrected chi connectivity index (χ0v) is 9.71. The second-order valence-corrected chi connectivity index (χ2v) is 4.18. The zero-order chi connectivity index (χ0) is 11.5. The molecule has 0 aromatic heterocycles. The van der Waals surface area contributed by atoms with Gasteiger partial charge in [-0.2, -0.15) is 0 Å². The molecule has 4 nitrogen and oxygen atoms in total. The third kappa shape index (κ3) is 2.30. The minimum absolute atomic E-state index is 0.212. The summed E-state index contributed by atoms with van der Waals surface area (Å²) in [7, 11) is 1.24. The summed E-state index contributed by atoms with van der Waals surface area (Å²) in [5.74, 6) is -1.25. The van der Waals surface area contributed by atoms with Crippen LogP contribution in [0.3, 0.4) is 0 Å². The van der Waals surface area contributed by atoms with Crippen molar-refractivity contribution >= 4 is 11.9 Å². The highest BCUT2D eigenvalue weighted by molar-refractivity contribution is 6.32. The number of hydrogen-bond donors (Lipinski definition) is 0. The number of esters is 1. The van der Waals surface area contributed by atoms with E-state index in [2.05, 4.69) is 18.6 Å². The van der Waals surface area contributed by atoms with E-state index in [1.54, 1.807) is 4.90 Å². The number of amides is 1. The Morgan fingerprint density at radius 1 is 1.33 bits per heavy atom. The summed E-state index contributed by atoms with van der Waals surface area (Å²) in [4.78, 5) is 24.2. The second-order valence-electron chi connectivity index (χ2n) is 4.18. The van der Waals surface area contributed by atoms with Crippen molar-refractivity contribution in [1.29, 1.82) is 0 Å². The van der Waals surface area contributed by atoms with Gasteiger partial charge >= 0.3 is 11.9 Å². The lowest BCUT2D eigenvalue weighted by molar-refractivity contribution is -0.157. The topological polar surface area (TPSA) is 46.6 Å². The number of carbonyl (C=O) groups excluding carboxylic acids is 2. The SMILES string of the molecule is CCC1(CC)CCN(C(=O)C(=O)OC)C1. The minimum atomic E-state index is -0.752. The van der Waals surface area contributed by atoms with Crippen LogP contribution in [0.25, 0.3) is 0 Å². The number of carbonyl (C=O) groups is 2. The standard InChI is InChI=1S/C11H19NO3/c1-4-11(5-2)6-7-12(8-11)9(13)10(14)15-3/h4-8H2,1-3H3. The molecule has 0 bridgehead atoms. The van der Waals surface area contributed by atoms with Crippen LogP contribution >= 0.6 is 0 Å². The number of methoxy groups -OCH3 is 1. The molecule has 0 aliphatic carbocycles. The molecule has 86 valence electrons. The monoisotopic (exact) mass is 213 g/mol. The van der Waals surface area contributed by atoms with Gasteiger partial charge in [0.15, 0.2) is 0 Å². The Hall–Kier alpha value is -1.06. The molecule has 0 N–H and O–H groups in total. The highest BCUT2D eigenvalue weighted by atomic mass is 16.5. The van der Waals surface area contributed by atoms with Crippen molar-refractivity contribution in [2.75, 3.05) is 20.2 Å². The van der Waals surface area contributed by atoms with Gasteiger partial charge in [0.2, 0.25) is 0 Å². The van der Waals surface area contributed by atoms with Gasteiger partial charge in [0.25, 0.3) is 0 Å². The van der Waals surface area contributed by atoms with Crippen LogP contribution in [0.1, 0.15) is 33.1 Å². The fraction of sp³-hybridized carbons (Fsp3) is 0.818. The number of nitrogens with zero attached hydrogens (tertiary/aromatic N) is 1. The molecule has 1 fully saturated rings. The molecule has 1 aliphatic rings. The van der Waals surface area contributed by atoms with Crippen molar-refractivity contribution in [1.82, 2.24) is 4.90 Å². The lowest BCUT2D eigenvalue weighted by atomic mass is 9.82. The van der Waals surface area contributed by atoms with Crippen LogP contribution < -0.4 is 0 Å². The van der Waals surface area contributed by atoms with Crippen LogP contribution in [0.5, 0.6) is 0 Å². The van der Waals surface area contributed by atoms with Gasteiger partial charge in [-0.25, -0.2) is 4.79 Å². The molecule has 1 heterocycles. The highest BCUT2D eigenvalue weighted by Gasteiger charge is 2.38. The van der Waals surface area contributed by atoms with Crippen molar-refractivity contribution in [3.63, 3.8) is 0 Å². The quantitative estimate of drug-likeness (QED) is 0.511. The zero-order valence-electron chi connectivity index (χ0n) is 9.71. The molecular weight excluding hydrogens is 194 g/mol. The minimum Gasteiger partial charge on any atom is -0.462 e. The van der Waals surface area contributed by atoms with Gasteiger partial charge in [-0.1, -0.05) is 13.8 Å². The number of likely N-dealkylation sites (tertiary alicyclic amines) is 1. The maximum atomic E-state index is 11.5. The summed E-state index contributed by atoms with van der Waals surface area (Å²) in [6, 6.07) is 0. The average molecular weight is 213 g/mol. The molecule has 0 spiro atoms. The van der Waals surface area contributed by atoms with Gasteiger partial charge < -0.3 is 9.64 Å². The molecule has 0 aromatic carbocycles. The van der Waals surface area contributed by atoms with E-state index >= 15 is 0 Å². The first kappa shape index (κ1) is 12.0. The third-order valence-corrected chi connectivity index (χ3v) is 3.59. The summed E-state index contributed by atoms with van der Waals surface area (Å²) in [6.45, 7) is 5.63. The largest absolute Gasteiger partial charge is 0.462 e. The summed E-state index contributed by atoms with van der Waals surface area (Å²) >= 11 is 0. The molecule has 0 atom stereocenters. The molecular formula is C11H19NO3. The smallest absolute Gasteiger partial charge is 0.396 e. The van der Waals surface area contributed by atoms with Gasteiger partial charge in [0.05, 0.1) is 7.11 Å².